The first-order valence-corrected chi connectivity index (χ1v) is 7.07. The molecule has 2 aromatic rings. The summed E-state index contributed by atoms with van der Waals surface area (Å²) in [7, 11) is 0. The van der Waals surface area contributed by atoms with Crippen LogP contribution in [0.3, 0.4) is 0 Å². The van der Waals surface area contributed by atoms with Crippen molar-refractivity contribution in [2.24, 2.45) is 0 Å². The molecule has 0 bridgehead atoms. The van der Waals surface area contributed by atoms with Gasteiger partial charge in [0.2, 0.25) is 0 Å². The number of hydrogen-bond donors (Lipinski definition) is 1. The van der Waals surface area contributed by atoms with Crippen LogP contribution in [-0.4, -0.2) is 5.11 Å². The molecule has 1 N–H and O–H groups in total. The lowest BCUT2D eigenvalue weighted by Crippen LogP contribution is -2.20. The molecule has 3 rings (SSSR count). The zero-order valence-electron chi connectivity index (χ0n) is 12.2. The van der Waals surface area contributed by atoms with Gasteiger partial charge in [-0.15, -0.1) is 0 Å². The van der Waals surface area contributed by atoms with E-state index in [9.17, 15) is 5.11 Å². The Morgan fingerprint density at radius 1 is 0.950 bits per heavy atom. The van der Waals surface area contributed by atoms with Crippen LogP contribution < -0.4 is 4.74 Å². The van der Waals surface area contributed by atoms with Crippen molar-refractivity contribution < 1.29 is 9.84 Å². The van der Waals surface area contributed by atoms with Gasteiger partial charge in [0.1, 0.15) is 11.9 Å². The Hall–Kier alpha value is -1.80. The number of hydrogen-bond acceptors (Lipinski definition) is 2. The summed E-state index contributed by atoms with van der Waals surface area (Å²) in [6, 6.07) is 12.1. The molecule has 0 saturated carbocycles. The van der Waals surface area contributed by atoms with Crippen LogP contribution in [0.2, 0.25) is 0 Å². The second-order valence-corrected chi connectivity index (χ2v) is 5.69. The van der Waals surface area contributed by atoms with Gasteiger partial charge in [-0.25, -0.2) is 0 Å². The van der Waals surface area contributed by atoms with E-state index < -0.39 is 6.10 Å². The SMILES string of the molecule is Cc1cc(C)c(C2C[C@@H](O)c3ccccc3O2)cc1C. The van der Waals surface area contributed by atoms with Crippen molar-refractivity contribution in [2.75, 3.05) is 0 Å². The van der Waals surface area contributed by atoms with Gasteiger partial charge in [-0.2, -0.15) is 0 Å². The summed E-state index contributed by atoms with van der Waals surface area (Å²) in [5, 5.41) is 10.3. The van der Waals surface area contributed by atoms with Gasteiger partial charge in [-0.05, 0) is 49.1 Å². The molecule has 1 aliphatic rings. The van der Waals surface area contributed by atoms with E-state index in [0.717, 1.165) is 11.3 Å². The third-order valence-electron chi connectivity index (χ3n) is 4.21. The van der Waals surface area contributed by atoms with Crippen molar-refractivity contribution in [3.63, 3.8) is 0 Å². The van der Waals surface area contributed by atoms with Gasteiger partial charge in [-0.1, -0.05) is 30.3 Å². The molecule has 0 aromatic heterocycles. The second-order valence-electron chi connectivity index (χ2n) is 5.69. The smallest absolute Gasteiger partial charge is 0.127 e. The van der Waals surface area contributed by atoms with Crippen LogP contribution in [0.1, 0.15) is 46.4 Å². The predicted molar refractivity (Wildman–Crippen MR) is 80.0 cm³/mol. The summed E-state index contributed by atoms with van der Waals surface area (Å²) in [5.74, 6) is 0.800. The first-order valence-electron chi connectivity index (χ1n) is 7.07. The third-order valence-corrected chi connectivity index (χ3v) is 4.21. The number of benzene rings is 2. The normalized spacial score (nSPS) is 21.2. The zero-order chi connectivity index (χ0) is 14.3. The molecular formula is C18H20O2. The fraction of sp³-hybridized carbons (Fsp3) is 0.333. The number of ether oxygens (including phenoxy) is 1. The molecule has 2 nitrogen and oxygen atoms in total. The molecule has 2 atom stereocenters. The number of aryl methyl sites for hydroxylation is 3. The Bertz CT molecular complexity index is 646. The summed E-state index contributed by atoms with van der Waals surface area (Å²) < 4.78 is 6.10. The van der Waals surface area contributed by atoms with Crippen molar-refractivity contribution in [3.8, 4) is 5.75 Å². The fourth-order valence-electron chi connectivity index (χ4n) is 2.91. The first kappa shape index (κ1) is 13.2. The van der Waals surface area contributed by atoms with E-state index in [0.29, 0.717) is 6.42 Å². The average molecular weight is 268 g/mol. The molecular weight excluding hydrogens is 248 g/mol. The van der Waals surface area contributed by atoms with Crippen LogP contribution in [0.4, 0.5) is 0 Å². The maximum absolute atomic E-state index is 10.3. The topological polar surface area (TPSA) is 29.5 Å². The lowest BCUT2D eigenvalue weighted by atomic mass is 9.91. The monoisotopic (exact) mass is 268 g/mol. The summed E-state index contributed by atoms with van der Waals surface area (Å²) >= 11 is 0. The maximum Gasteiger partial charge on any atom is 0.127 e. The summed E-state index contributed by atoms with van der Waals surface area (Å²) in [6.07, 6.45) is 0.0885. The van der Waals surface area contributed by atoms with Gasteiger partial charge < -0.3 is 9.84 Å². The molecule has 0 spiro atoms. The Balaban J connectivity index is 2.00. The van der Waals surface area contributed by atoms with Crippen LogP contribution in [0, 0.1) is 20.8 Å². The van der Waals surface area contributed by atoms with Crippen LogP contribution in [-0.2, 0) is 0 Å². The molecule has 0 amide bonds. The van der Waals surface area contributed by atoms with Crippen molar-refractivity contribution in [1.82, 2.24) is 0 Å². The Labute approximate surface area is 120 Å². The van der Waals surface area contributed by atoms with Crippen molar-refractivity contribution in [1.29, 1.82) is 0 Å². The van der Waals surface area contributed by atoms with Gasteiger partial charge in [0, 0.05) is 12.0 Å². The van der Waals surface area contributed by atoms with E-state index >= 15 is 0 Å². The molecule has 0 saturated heterocycles. The van der Waals surface area contributed by atoms with E-state index in [2.05, 4.69) is 32.9 Å². The predicted octanol–water partition coefficient (Wildman–Crippen LogP) is 4.17. The number of para-hydroxylation sites is 1. The molecule has 0 fully saturated rings. The molecule has 1 aliphatic heterocycles. The Kier molecular flexibility index (Phi) is 3.27. The second kappa shape index (κ2) is 4.95. The minimum atomic E-state index is -0.453. The van der Waals surface area contributed by atoms with Crippen LogP contribution in [0.5, 0.6) is 5.75 Å². The largest absolute Gasteiger partial charge is 0.485 e. The van der Waals surface area contributed by atoms with E-state index in [-0.39, 0.29) is 6.10 Å². The van der Waals surface area contributed by atoms with Crippen molar-refractivity contribution in [3.05, 3.63) is 64.2 Å². The maximum atomic E-state index is 10.3. The summed E-state index contributed by atoms with van der Waals surface area (Å²) in [4.78, 5) is 0. The number of rotatable bonds is 1. The molecule has 1 unspecified atom stereocenters. The minimum Gasteiger partial charge on any atom is -0.485 e. The van der Waals surface area contributed by atoms with Gasteiger partial charge in [0.25, 0.3) is 0 Å². The number of aliphatic hydroxyl groups is 1. The molecule has 2 heteroatoms. The first-order chi connectivity index (χ1) is 9.56. The van der Waals surface area contributed by atoms with Crippen molar-refractivity contribution >= 4 is 0 Å². The lowest BCUT2D eigenvalue weighted by molar-refractivity contribution is 0.0654. The third kappa shape index (κ3) is 2.20. The van der Waals surface area contributed by atoms with Gasteiger partial charge in [0.15, 0.2) is 0 Å². The molecule has 104 valence electrons. The molecule has 1 heterocycles. The summed E-state index contributed by atoms with van der Waals surface area (Å²) in [6.45, 7) is 6.35. The molecule has 0 aliphatic carbocycles. The average Bonchev–Trinajstić information content (AvgIpc) is 2.43. The van der Waals surface area contributed by atoms with E-state index in [1.165, 1.54) is 22.3 Å². The zero-order valence-corrected chi connectivity index (χ0v) is 12.2. The molecule has 2 aromatic carbocycles. The quantitative estimate of drug-likeness (QED) is 0.841. The lowest BCUT2D eigenvalue weighted by Gasteiger charge is -2.31. The van der Waals surface area contributed by atoms with E-state index in [1.807, 2.05) is 24.3 Å². The summed E-state index contributed by atoms with van der Waals surface area (Å²) in [5.41, 5.74) is 5.86. The fourth-order valence-corrected chi connectivity index (χ4v) is 2.91. The highest BCUT2D eigenvalue weighted by Gasteiger charge is 2.28. The van der Waals surface area contributed by atoms with E-state index in [4.69, 9.17) is 4.74 Å². The highest BCUT2D eigenvalue weighted by molar-refractivity contribution is 5.42. The Morgan fingerprint density at radius 3 is 2.45 bits per heavy atom. The number of fused-ring (bicyclic) bond motifs is 1. The minimum absolute atomic E-state index is 0.0702. The highest BCUT2D eigenvalue weighted by atomic mass is 16.5. The van der Waals surface area contributed by atoms with Crippen molar-refractivity contribution in [2.45, 2.75) is 39.4 Å². The van der Waals surface area contributed by atoms with E-state index in [1.54, 1.807) is 0 Å². The highest BCUT2D eigenvalue weighted by Crippen LogP contribution is 2.41. The van der Waals surface area contributed by atoms with Crippen LogP contribution in [0.15, 0.2) is 36.4 Å². The van der Waals surface area contributed by atoms with Gasteiger partial charge in [0.05, 0.1) is 6.10 Å². The molecule has 0 radical (unpaired) electrons. The van der Waals surface area contributed by atoms with Gasteiger partial charge >= 0.3 is 0 Å². The Morgan fingerprint density at radius 2 is 1.65 bits per heavy atom. The number of aliphatic hydroxyl groups excluding tert-OH is 1. The van der Waals surface area contributed by atoms with Crippen LogP contribution >= 0.6 is 0 Å². The van der Waals surface area contributed by atoms with Gasteiger partial charge in [-0.3, -0.25) is 0 Å². The van der Waals surface area contributed by atoms with Crippen LogP contribution in [0.25, 0.3) is 0 Å². The molecule has 20 heavy (non-hydrogen) atoms. The standard InChI is InChI=1S/C18H20O2/c1-11-8-13(3)15(9-12(11)2)18-10-16(19)14-6-4-5-7-17(14)20-18/h4-9,16,18-19H,10H2,1-3H3/t16-,18?/m1/s1.